The predicted molar refractivity (Wildman–Crippen MR) is 149 cm³/mol. The third kappa shape index (κ3) is 4.60. The Bertz CT molecular complexity index is 1710. The van der Waals surface area contributed by atoms with Gasteiger partial charge in [-0.3, -0.25) is 0 Å². The van der Waals surface area contributed by atoms with E-state index in [0.29, 0.717) is 41.6 Å². The highest BCUT2D eigenvalue weighted by Crippen LogP contribution is 2.35. The van der Waals surface area contributed by atoms with Crippen molar-refractivity contribution in [3.05, 3.63) is 53.9 Å². The number of nitrogens with one attached hydrogen (secondary N) is 1. The highest BCUT2D eigenvalue weighted by atomic mass is 16.6. The van der Waals surface area contributed by atoms with Gasteiger partial charge in [-0.05, 0) is 63.9 Å². The van der Waals surface area contributed by atoms with Crippen molar-refractivity contribution in [3.8, 4) is 11.3 Å². The molecule has 4 heterocycles. The third-order valence-corrected chi connectivity index (χ3v) is 6.61. The molecule has 0 bridgehead atoms. The molecule has 1 aliphatic heterocycles. The fourth-order valence-corrected chi connectivity index (χ4v) is 4.80. The predicted octanol–water partition coefficient (Wildman–Crippen LogP) is 5.37. The molecular formula is C28H30N8O3. The van der Waals surface area contributed by atoms with Gasteiger partial charge in [0.1, 0.15) is 29.0 Å². The van der Waals surface area contributed by atoms with Gasteiger partial charge in [-0.1, -0.05) is 18.2 Å². The van der Waals surface area contributed by atoms with Gasteiger partial charge in [0.15, 0.2) is 11.2 Å². The first kappa shape index (κ1) is 24.7. The number of nitrogen functional groups attached to an aromatic ring is 1. The molecular weight excluding hydrogens is 496 g/mol. The number of ether oxygens (including phenoxy) is 1. The largest absolute Gasteiger partial charge is 0.444 e. The number of hydrogen-bond donors (Lipinski definition) is 2. The standard InChI is InChI=1S/C28H30N8O3/c1-15-10-16(2)23-20(11-15)33-26(38-23)32-18-8-6-17(7-9-18)22-21-24(29)30-14-31-25(21)36(34-22)19-12-35(13-19)27(37)39-28(3,4)5/h6-11,14,19H,12-13H2,1-5H3,(H,32,33)(H2,29,30,31). The number of aromatic nitrogens is 5. The van der Waals surface area contributed by atoms with Crippen molar-refractivity contribution in [3.63, 3.8) is 0 Å². The molecule has 1 amide bonds. The van der Waals surface area contributed by atoms with Crippen LogP contribution in [0.2, 0.25) is 0 Å². The summed E-state index contributed by atoms with van der Waals surface area (Å²) in [7, 11) is 0. The molecule has 5 aromatic rings. The lowest BCUT2D eigenvalue weighted by Crippen LogP contribution is -2.52. The van der Waals surface area contributed by atoms with E-state index in [1.54, 1.807) is 4.90 Å². The average molecular weight is 527 g/mol. The van der Waals surface area contributed by atoms with Crippen molar-refractivity contribution in [1.29, 1.82) is 0 Å². The van der Waals surface area contributed by atoms with Crippen LogP contribution in [0.15, 0.2) is 47.1 Å². The zero-order chi connectivity index (χ0) is 27.5. The van der Waals surface area contributed by atoms with Crippen LogP contribution in [0, 0.1) is 13.8 Å². The quantitative estimate of drug-likeness (QED) is 0.316. The maximum absolute atomic E-state index is 12.4. The number of amides is 1. The summed E-state index contributed by atoms with van der Waals surface area (Å²) in [4.78, 5) is 27.3. The average Bonchev–Trinajstić information content (AvgIpc) is 3.40. The number of benzene rings is 2. The summed E-state index contributed by atoms with van der Waals surface area (Å²) in [6.07, 6.45) is 1.09. The number of fused-ring (bicyclic) bond motifs is 2. The van der Waals surface area contributed by atoms with Crippen LogP contribution in [0.4, 0.5) is 22.3 Å². The van der Waals surface area contributed by atoms with Crippen LogP contribution < -0.4 is 11.1 Å². The van der Waals surface area contributed by atoms with Gasteiger partial charge in [0.05, 0.1) is 11.4 Å². The number of nitrogens with two attached hydrogens (primary N) is 1. The van der Waals surface area contributed by atoms with Gasteiger partial charge in [-0.25, -0.2) is 19.4 Å². The van der Waals surface area contributed by atoms with E-state index in [1.165, 1.54) is 6.33 Å². The second kappa shape index (κ2) is 8.97. The molecule has 11 heteroatoms. The Morgan fingerprint density at radius 1 is 1.13 bits per heavy atom. The van der Waals surface area contributed by atoms with Crippen LogP contribution in [0.5, 0.6) is 0 Å². The number of hydrogen-bond acceptors (Lipinski definition) is 9. The molecule has 1 aliphatic rings. The van der Waals surface area contributed by atoms with Crippen LogP contribution >= 0.6 is 0 Å². The molecule has 0 aliphatic carbocycles. The van der Waals surface area contributed by atoms with E-state index in [0.717, 1.165) is 33.5 Å². The van der Waals surface area contributed by atoms with Gasteiger partial charge in [0.2, 0.25) is 0 Å². The Balaban J connectivity index is 1.25. The van der Waals surface area contributed by atoms with Crippen molar-refractivity contribution in [2.75, 3.05) is 24.1 Å². The monoisotopic (exact) mass is 526 g/mol. The number of anilines is 3. The van der Waals surface area contributed by atoms with Crippen LogP contribution in [0.3, 0.4) is 0 Å². The van der Waals surface area contributed by atoms with E-state index in [1.807, 2.05) is 69.6 Å². The van der Waals surface area contributed by atoms with Crippen LogP contribution in [0.1, 0.15) is 37.9 Å². The van der Waals surface area contributed by atoms with Gasteiger partial charge >= 0.3 is 6.09 Å². The molecule has 3 aromatic heterocycles. The van der Waals surface area contributed by atoms with Gasteiger partial charge in [-0.15, -0.1) is 0 Å². The van der Waals surface area contributed by atoms with E-state index in [2.05, 4.69) is 26.3 Å². The minimum atomic E-state index is -0.547. The number of oxazole rings is 1. The molecule has 0 saturated carbocycles. The van der Waals surface area contributed by atoms with Gasteiger partial charge in [0.25, 0.3) is 6.01 Å². The molecule has 1 saturated heterocycles. The number of aryl methyl sites for hydroxylation is 2. The Kier molecular flexibility index (Phi) is 5.67. The van der Waals surface area contributed by atoms with E-state index in [4.69, 9.17) is 20.0 Å². The van der Waals surface area contributed by atoms with Crippen LogP contribution in [-0.2, 0) is 4.74 Å². The topological polar surface area (TPSA) is 137 Å². The number of likely N-dealkylation sites (tertiary alicyclic amines) is 1. The minimum absolute atomic E-state index is 0.0461. The van der Waals surface area contributed by atoms with Crippen molar-refractivity contribution in [2.24, 2.45) is 0 Å². The first-order valence-corrected chi connectivity index (χ1v) is 12.8. The Hall–Kier alpha value is -4.67. The van der Waals surface area contributed by atoms with Crippen LogP contribution in [-0.4, -0.2) is 54.4 Å². The highest BCUT2D eigenvalue weighted by molar-refractivity contribution is 5.98. The Morgan fingerprint density at radius 3 is 2.59 bits per heavy atom. The van der Waals surface area contributed by atoms with Crippen molar-refractivity contribution < 1.29 is 13.9 Å². The van der Waals surface area contributed by atoms with Crippen molar-refractivity contribution >= 4 is 45.7 Å². The summed E-state index contributed by atoms with van der Waals surface area (Å²) >= 11 is 0. The Morgan fingerprint density at radius 2 is 1.87 bits per heavy atom. The first-order valence-electron chi connectivity index (χ1n) is 12.8. The zero-order valence-corrected chi connectivity index (χ0v) is 22.5. The Labute approximate surface area is 225 Å². The summed E-state index contributed by atoms with van der Waals surface area (Å²) in [5, 5.41) is 8.79. The molecule has 39 heavy (non-hydrogen) atoms. The lowest BCUT2D eigenvalue weighted by Gasteiger charge is -2.39. The smallest absolute Gasteiger partial charge is 0.410 e. The second-order valence-electron chi connectivity index (χ2n) is 10.9. The molecule has 0 atom stereocenters. The summed E-state index contributed by atoms with van der Waals surface area (Å²) < 4.78 is 13.3. The maximum Gasteiger partial charge on any atom is 0.410 e. The van der Waals surface area contributed by atoms with Gasteiger partial charge in [-0.2, -0.15) is 10.1 Å². The fraction of sp³-hybridized carbons (Fsp3) is 0.321. The maximum atomic E-state index is 12.4. The number of rotatable bonds is 4. The van der Waals surface area contributed by atoms with Crippen LogP contribution in [0.25, 0.3) is 33.4 Å². The molecule has 3 N–H and O–H groups in total. The summed E-state index contributed by atoms with van der Waals surface area (Å²) in [5.74, 6) is 0.351. The summed E-state index contributed by atoms with van der Waals surface area (Å²) in [6.45, 7) is 10.6. The van der Waals surface area contributed by atoms with E-state index in [-0.39, 0.29) is 12.1 Å². The molecule has 1 fully saturated rings. The van der Waals surface area contributed by atoms with E-state index < -0.39 is 5.60 Å². The van der Waals surface area contributed by atoms with Gasteiger partial charge in [0, 0.05) is 24.3 Å². The second-order valence-corrected chi connectivity index (χ2v) is 10.9. The molecule has 11 nitrogen and oxygen atoms in total. The first-order chi connectivity index (χ1) is 18.6. The molecule has 0 unspecified atom stereocenters. The minimum Gasteiger partial charge on any atom is -0.444 e. The molecule has 0 radical (unpaired) electrons. The highest BCUT2D eigenvalue weighted by Gasteiger charge is 2.37. The van der Waals surface area contributed by atoms with E-state index >= 15 is 0 Å². The molecule has 200 valence electrons. The van der Waals surface area contributed by atoms with Crippen molar-refractivity contribution in [2.45, 2.75) is 46.3 Å². The van der Waals surface area contributed by atoms with Crippen molar-refractivity contribution in [1.82, 2.24) is 29.6 Å². The molecule has 2 aromatic carbocycles. The van der Waals surface area contributed by atoms with Gasteiger partial charge < -0.3 is 25.1 Å². The SMILES string of the molecule is Cc1cc(C)c2oc(Nc3ccc(-c4nn(C5CN(C(=O)OC(C)(C)C)C5)c5ncnc(N)c45)cc3)nc2c1. The normalized spacial score (nSPS) is 14.1. The number of nitrogens with zero attached hydrogens (tertiary/aromatic N) is 6. The lowest BCUT2D eigenvalue weighted by molar-refractivity contribution is 0.000114. The fourth-order valence-electron chi connectivity index (χ4n) is 4.80. The van der Waals surface area contributed by atoms with E-state index in [9.17, 15) is 4.79 Å². The summed E-state index contributed by atoms with van der Waals surface area (Å²) in [5.41, 5.74) is 12.5. The third-order valence-electron chi connectivity index (χ3n) is 6.61. The molecule has 0 spiro atoms. The molecule has 6 rings (SSSR count). The number of carbonyl (C=O) groups is 1. The zero-order valence-electron chi connectivity index (χ0n) is 22.5. The summed E-state index contributed by atoms with van der Waals surface area (Å²) in [6, 6.07) is 12.2. The number of carbonyl (C=O) groups excluding carboxylic acids is 1. The lowest BCUT2D eigenvalue weighted by atomic mass is 10.1.